The summed E-state index contributed by atoms with van der Waals surface area (Å²) in [5, 5.41) is 2.61. The van der Waals surface area contributed by atoms with Gasteiger partial charge in [0.2, 0.25) is 5.82 Å². The van der Waals surface area contributed by atoms with E-state index in [4.69, 9.17) is 9.47 Å². The molecule has 1 heterocycles. The average molecular weight is 520 g/mol. The van der Waals surface area contributed by atoms with Gasteiger partial charge in [-0.15, -0.1) is 0 Å². The number of nitrogens with zero attached hydrogens (tertiary/aromatic N) is 2. The van der Waals surface area contributed by atoms with E-state index in [1.165, 1.54) is 25.1 Å². The average Bonchev–Trinajstić information content (AvgIpc) is 3.06. The van der Waals surface area contributed by atoms with Crippen molar-refractivity contribution in [2.24, 2.45) is 0 Å². The number of alkyl carbamates (subject to hydrolysis) is 1. The van der Waals surface area contributed by atoms with E-state index in [1.54, 1.807) is 27.7 Å². The van der Waals surface area contributed by atoms with Gasteiger partial charge in [0.25, 0.3) is 6.43 Å². The number of hydrogen-bond acceptors (Lipinski definition) is 5. The Labute approximate surface area is 192 Å². The lowest BCUT2D eigenvalue weighted by Crippen LogP contribution is -2.49. The highest BCUT2D eigenvalue weighted by atomic mass is 79.9. The van der Waals surface area contributed by atoms with Crippen LogP contribution in [0, 0.1) is 5.82 Å². The van der Waals surface area contributed by atoms with Crippen molar-refractivity contribution in [3.05, 3.63) is 51.8 Å². The summed E-state index contributed by atoms with van der Waals surface area (Å²) < 4.78 is 53.3. The first kappa shape index (κ1) is 25.7. The number of rotatable bonds is 7. The lowest BCUT2D eigenvalue weighted by molar-refractivity contribution is 0.0445. The maximum atomic E-state index is 14.8. The number of amides is 1. The Morgan fingerprint density at radius 1 is 1.25 bits per heavy atom. The highest BCUT2D eigenvalue weighted by molar-refractivity contribution is 9.10. The van der Waals surface area contributed by atoms with Gasteiger partial charge in [-0.05, 0) is 52.8 Å². The molecule has 0 saturated carbocycles. The summed E-state index contributed by atoms with van der Waals surface area (Å²) in [7, 11) is 0. The summed E-state index contributed by atoms with van der Waals surface area (Å²) in [5.41, 5.74) is -2.96. The van der Waals surface area contributed by atoms with Crippen LogP contribution in [0.3, 0.4) is 0 Å². The molecule has 0 bridgehead atoms. The molecule has 0 spiro atoms. The second-order valence-corrected chi connectivity index (χ2v) is 9.14. The number of carbonyl (C=O) groups excluding carboxylic acids is 2. The zero-order valence-electron chi connectivity index (χ0n) is 18.3. The minimum absolute atomic E-state index is 0.00336. The second-order valence-electron chi connectivity index (χ2n) is 8.22. The molecule has 1 N–H and O–H groups in total. The van der Waals surface area contributed by atoms with Crippen LogP contribution in [0.4, 0.5) is 18.0 Å². The highest BCUT2D eigenvalue weighted by Crippen LogP contribution is 2.30. The third-order valence-corrected chi connectivity index (χ3v) is 4.76. The van der Waals surface area contributed by atoms with Crippen molar-refractivity contribution in [1.82, 2.24) is 14.9 Å². The Kier molecular flexibility index (Phi) is 7.97. The maximum absolute atomic E-state index is 14.8. The molecule has 0 fully saturated rings. The summed E-state index contributed by atoms with van der Waals surface area (Å²) in [5.74, 6) is -1.97. The van der Waals surface area contributed by atoms with Crippen molar-refractivity contribution in [3.8, 4) is 0 Å². The molecule has 0 radical (unpaired) electrons. The van der Waals surface area contributed by atoms with Crippen molar-refractivity contribution in [2.75, 3.05) is 6.61 Å². The minimum atomic E-state index is -2.95. The zero-order valence-corrected chi connectivity index (χ0v) is 19.9. The normalized spacial score (nSPS) is 13.6. The van der Waals surface area contributed by atoms with Crippen molar-refractivity contribution >= 4 is 28.0 Å². The van der Waals surface area contributed by atoms with Crippen molar-refractivity contribution in [2.45, 2.75) is 58.7 Å². The van der Waals surface area contributed by atoms with Gasteiger partial charge >= 0.3 is 12.1 Å². The molecule has 0 unspecified atom stereocenters. The number of ether oxygens (including phenoxy) is 2. The monoisotopic (exact) mass is 519 g/mol. The molecule has 32 heavy (non-hydrogen) atoms. The van der Waals surface area contributed by atoms with E-state index < -0.39 is 47.0 Å². The Morgan fingerprint density at radius 2 is 1.91 bits per heavy atom. The molecule has 176 valence electrons. The van der Waals surface area contributed by atoms with Gasteiger partial charge in [-0.25, -0.2) is 27.7 Å². The molecule has 0 aliphatic carbocycles. The van der Waals surface area contributed by atoms with Gasteiger partial charge in [0.05, 0.1) is 18.7 Å². The smallest absolute Gasteiger partial charge is 0.408 e. The number of hydrogen-bond donors (Lipinski definition) is 1. The summed E-state index contributed by atoms with van der Waals surface area (Å²) in [6.07, 6.45) is -2.83. The van der Waals surface area contributed by atoms with E-state index >= 15 is 0 Å². The molecule has 1 amide bonds. The predicted octanol–water partition coefficient (Wildman–Crippen LogP) is 5.34. The molecule has 0 aliphatic heterocycles. The van der Waals surface area contributed by atoms with Gasteiger partial charge in [-0.3, -0.25) is 0 Å². The van der Waals surface area contributed by atoms with E-state index in [9.17, 15) is 22.8 Å². The highest BCUT2D eigenvalue weighted by Gasteiger charge is 2.36. The summed E-state index contributed by atoms with van der Waals surface area (Å²) in [6.45, 7) is 7.72. The lowest BCUT2D eigenvalue weighted by atomic mass is 9.91. The van der Waals surface area contributed by atoms with Crippen LogP contribution < -0.4 is 5.32 Å². The third-order valence-electron chi connectivity index (χ3n) is 4.26. The topological polar surface area (TPSA) is 82.5 Å². The number of imidazole rings is 1. The van der Waals surface area contributed by atoms with E-state index in [1.807, 2.05) is 0 Å². The molecule has 1 aromatic carbocycles. The molecule has 7 nitrogen and oxygen atoms in total. The number of carbonyl (C=O) groups is 2. The van der Waals surface area contributed by atoms with Gasteiger partial charge in [-0.1, -0.05) is 15.9 Å². The van der Waals surface area contributed by atoms with Crippen molar-refractivity contribution < 1.29 is 32.2 Å². The first-order chi connectivity index (χ1) is 14.8. The molecule has 0 aliphatic rings. The van der Waals surface area contributed by atoms with Gasteiger partial charge in [-0.2, -0.15) is 0 Å². The van der Waals surface area contributed by atoms with Crippen LogP contribution in [0.5, 0.6) is 0 Å². The molecule has 0 saturated heterocycles. The fourth-order valence-electron chi connectivity index (χ4n) is 3.00. The van der Waals surface area contributed by atoms with Crippen LogP contribution in [-0.2, 0) is 21.6 Å². The van der Waals surface area contributed by atoms with Crippen LogP contribution in [0.15, 0.2) is 28.9 Å². The van der Waals surface area contributed by atoms with Crippen LogP contribution in [0.2, 0.25) is 0 Å². The predicted molar refractivity (Wildman–Crippen MR) is 114 cm³/mol. The van der Waals surface area contributed by atoms with Gasteiger partial charge in [0, 0.05) is 16.2 Å². The first-order valence-corrected chi connectivity index (χ1v) is 10.5. The summed E-state index contributed by atoms with van der Waals surface area (Å²) in [4.78, 5) is 28.6. The van der Waals surface area contributed by atoms with Crippen LogP contribution >= 0.6 is 15.9 Å². The molecule has 1 aromatic heterocycles. The third kappa shape index (κ3) is 6.47. The number of alkyl halides is 2. The van der Waals surface area contributed by atoms with Crippen LogP contribution in [0.1, 0.15) is 62.9 Å². The quantitative estimate of drug-likeness (QED) is 0.499. The number of halogens is 4. The van der Waals surface area contributed by atoms with Crippen molar-refractivity contribution in [3.63, 3.8) is 0 Å². The molecule has 11 heteroatoms. The fraction of sp³-hybridized carbons (Fsp3) is 0.476. The number of nitrogens with one attached hydrogen (secondary N) is 1. The van der Waals surface area contributed by atoms with Crippen LogP contribution in [0.25, 0.3) is 0 Å². The van der Waals surface area contributed by atoms with Gasteiger partial charge < -0.3 is 19.4 Å². The molecule has 2 aromatic rings. The molecule has 1 atom stereocenters. The zero-order chi connectivity index (χ0) is 24.3. The van der Waals surface area contributed by atoms with Crippen LogP contribution in [-0.4, -0.2) is 33.8 Å². The van der Waals surface area contributed by atoms with E-state index in [-0.39, 0.29) is 18.7 Å². The Balaban J connectivity index is 2.57. The lowest BCUT2D eigenvalue weighted by Gasteiger charge is -2.33. The fourth-order valence-corrected chi connectivity index (χ4v) is 3.36. The number of benzene rings is 1. The minimum Gasteiger partial charge on any atom is -0.460 e. The standard InChI is InChI=1S/C21H25BrF3N3O4/c1-6-31-18(29)17-26-15(16(24)25)10-28(17)11-21(5,27-19(30)32-20(2,3)4)13-9-12(22)7-8-14(13)23/h7-10,16H,6,11H2,1-5H3,(H,27,30)/t21-/m0/s1. The maximum Gasteiger partial charge on any atom is 0.408 e. The van der Waals surface area contributed by atoms with E-state index in [0.29, 0.717) is 4.47 Å². The largest absolute Gasteiger partial charge is 0.460 e. The number of esters is 1. The SMILES string of the molecule is CCOC(=O)c1nc(C(F)F)cn1C[C@](C)(NC(=O)OC(C)(C)C)c1cc(Br)ccc1F. The van der Waals surface area contributed by atoms with Crippen molar-refractivity contribution in [1.29, 1.82) is 0 Å². The molecular weight excluding hydrogens is 495 g/mol. The molecular formula is C21H25BrF3N3O4. The van der Waals surface area contributed by atoms with Gasteiger partial charge in [0.15, 0.2) is 0 Å². The first-order valence-electron chi connectivity index (χ1n) is 9.74. The summed E-state index contributed by atoms with van der Waals surface area (Å²) >= 11 is 3.27. The van der Waals surface area contributed by atoms with E-state index in [0.717, 1.165) is 10.8 Å². The summed E-state index contributed by atoms with van der Waals surface area (Å²) in [6, 6.07) is 4.11. The number of aromatic nitrogens is 2. The van der Waals surface area contributed by atoms with Gasteiger partial charge in [0.1, 0.15) is 17.1 Å². The second kappa shape index (κ2) is 9.93. The Morgan fingerprint density at radius 3 is 2.47 bits per heavy atom. The Hall–Kier alpha value is -2.56. The van der Waals surface area contributed by atoms with E-state index in [2.05, 4.69) is 26.2 Å². The Bertz CT molecular complexity index is 991. The molecule has 2 rings (SSSR count).